The molecule has 6 heteroatoms. The Hall–Kier alpha value is -3.43. The Kier molecular flexibility index (Phi) is 8.02. The molecule has 1 amide bonds. The Morgan fingerprint density at radius 3 is 2.33 bits per heavy atom. The lowest BCUT2D eigenvalue weighted by Crippen LogP contribution is -2.43. The van der Waals surface area contributed by atoms with E-state index in [2.05, 4.69) is 43.7 Å². The van der Waals surface area contributed by atoms with Gasteiger partial charge in [0.05, 0.1) is 17.8 Å². The Balaban J connectivity index is 2.15. The first-order chi connectivity index (χ1) is 15.8. The number of rotatable bonds is 9. The van der Waals surface area contributed by atoms with Gasteiger partial charge < -0.3 is 15.2 Å². The van der Waals surface area contributed by atoms with Gasteiger partial charge in [0, 0.05) is 24.8 Å². The monoisotopic (exact) mass is 443 g/mol. The van der Waals surface area contributed by atoms with Crippen LogP contribution in [0.2, 0.25) is 0 Å². The van der Waals surface area contributed by atoms with E-state index in [1.807, 2.05) is 54.6 Å². The van der Waals surface area contributed by atoms with Crippen LogP contribution in [0.3, 0.4) is 0 Å². The topological polar surface area (TPSA) is 87.9 Å². The van der Waals surface area contributed by atoms with Crippen molar-refractivity contribution in [3.63, 3.8) is 0 Å². The van der Waals surface area contributed by atoms with Crippen molar-refractivity contribution in [2.75, 3.05) is 13.1 Å². The number of hydrogen-bond acceptors (Lipinski definition) is 4. The molecule has 1 atom stereocenters. The number of nitrogens with zero attached hydrogens (tertiary/aromatic N) is 4. The number of carbonyl (C=O) groups is 1. The number of amides is 1. The molecule has 0 spiro atoms. The van der Waals surface area contributed by atoms with Crippen molar-refractivity contribution in [1.29, 1.82) is 5.26 Å². The van der Waals surface area contributed by atoms with E-state index in [9.17, 15) is 10.1 Å². The molecule has 2 N–H and O–H groups in total. The Bertz CT molecular complexity index is 1080. The molecule has 0 bridgehead atoms. The van der Waals surface area contributed by atoms with Gasteiger partial charge in [-0.1, -0.05) is 81.4 Å². The van der Waals surface area contributed by atoms with Crippen LogP contribution < -0.4 is 5.73 Å². The number of carbonyl (C=O) groups excluding carboxylic acids is 1. The molecule has 2 aromatic carbocycles. The zero-order chi connectivity index (χ0) is 23.8. The number of hydrogen-bond donors (Lipinski definition) is 1. The number of nitriles is 1. The Morgan fingerprint density at radius 1 is 1.12 bits per heavy atom. The van der Waals surface area contributed by atoms with E-state index in [-0.39, 0.29) is 23.8 Å². The van der Waals surface area contributed by atoms with E-state index in [0.717, 1.165) is 22.6 Å². The fraction of sp³-hybridized carbons (Fsp3) is 0.370. The summed E-state index contributed by atoms with van der Waals surface area (Å²) >= 11 is 0. The summed E-state index contributed by atoms with van der Waals surface area (Å²) in [6.45, 7) is 7.92. The average molecular weight is 444 g/mol. The predicted molar refractivity (Wildman–Crippen MR) is 131 cm³/mol. The lowest BCUT2D eigenvalue weighted by atomic mass is 9.84. The highest BCUT2D eigenvalue weighted by atomic mass is 16.2. The molecule has 0 radical (unpaired) electrons. The van der Waals surface area contributed by atoms with E-state index in [4.69, 9.17) is 10.7 Å². The van der Waals surface area contributed by atoms with Gasteiger partial charge in [-0.25, -0.2) is 4.98 Å². The Morgan fingerprint density at radius 2 is 1.76 bits per heavy atom. The standard InChI is InChI=1S/C27H33N5O/c1-27(2,3)25(32(18-10-16-28)24(33)15-17-29)26-30-23(22-13-8-5-9-14-22)20-31(26)19-21-11-6-4-7-12-21/h4-9,11-14,20,25H,10,15-16,18-19,28H2,1-3H3/t25-/m0/s1. The van der Waals surface area contributed by atoms with E-state index in [1.165, 1.54) is 0 Å². The SMILES string of the molecule is CC(C)(C)[C@H](c1nc(-c2ccccc2)cn1Cc1ccccc1)N(CCCN)C(=O)CC#N. The smallest absolute Gasteiger partial charge is 0.237 e. The lowest BCUT2D eigenvalue weighted by Gasteiger charge is -2.40. The van der Waals surface area contributed by atoms with Crippen LogP contribution in [-0.2, 0) is 11.3 Å². The predicted octanol–water partition coefficient (Wildman–Crippen LogP) is 4.78. The van der Waals surface area contributed by atoms with Crippen LogP contribution in [0.25, 0.3) is 11.3 Å². The largest absolute Gasteiger partial charge is 0.331 e. The molecule has 0 aliphatic carbocycles. The first kappa shape index (κ1) is 24.2. The molecule has 172 valence electrons. The highest BCUT2D eigenvalue weighted by Gasteiger charge is 2.38. The minimum Gasteiger partial charge on any atom is -0.331 e. The van der Waals surface area contributed by atoms with Gasteiger partial charge in [0.25, 0.3) is 0 Å². The van der Waals surface area contributed by atoms with Crippen molar-refractivity contribution in [2.45, 2.75) is 46.2 Å². The summed E-state index contributed by atoms with van der Waals surface area (Å²) in [6.07, 6.45) is 2.56. The summed E-state index contributed by atoms with van der Waals surface area (Å²) in [5.41, 5.74) is 8.51. The molecule has 3 aromatic rings. The van der Waals surface area contributed by atoms with E-state index in [1.54, 1.807) is 4.90 Å². The highest BCUT2D eigenvalue weighted by molar-refractivity contribution is 5.78. The van der Waals surface area contributed by atoms with Crippen LogP contribution in [-0.4, -0.2) is 33.4 Å². The molecule has 1 aromatic heterocycles. The van der Waals surface area contributed by atoms with E-state index >= 15 is 0 Å². The summed E-state index contributed by atoms with van der Waals surface area (Å²) < 4.78 is 2.14. The van der Waals surface area contributed by atoms with Crippen LogP contribution in [0.1, 0.15) is 51.0 Å². The maximum atomic E-state index is 13.1. The minimum absolute atomic E-state index is 0.165. The fourth-order valence-corrected chi connectivity index (χ4v) is 4.13. The third-order valence-electron chi connectivity index (χ3n) is 5.60. The lowest BCUT2D eigenvalue weighted by molar-refractivity contribution is -0.135. The zero-order valence-corrected chi connectivity index (χ0v) is 19.7. The summed E-state index contributed by atoms with van der Waals surface area (Å²) in [6, 6.07) is 22.0. The molecule has 0 saturated heterocycles. The van der Waals surface area contributed by atoms with Crippen LogP contribution in [0, 0.1) is 16.7 Å². The van der Waals surface area contributed by atoms with E-state index in [0.29, 0.717) is 26.1 Å². The van der Waals surface area contributed by atoms with Gasteiger partial charge in [-0.05, 0) is 23.9 Å². The molecule has 3 rings (SSSR count). The van der Waals surface area contributed by atoms with Crippen LogP contribution in [0.15, 0.2) is 66.9 Å². The van der Waals surface area contributed by atoms with Crippen LogP contribution >= 0.6 is 0 Å². The molecule has 1 heterocycles. The quantitative estimate of drug-likeness (QED) is 0.516. The van der Waals surface area contributed by atoms with E-state index < -0.39 is 0 Å². The molecule has 33 heavy (non-hydrogen) atoms. The Labute approximate surface area is 196 Å². The molecule has 6 nitrogen and oxygen atoms in total. The molecule has 0 saturated carbocycles. The van der Waals surface area contributed by atoms with Gasteiger partial charge in [-0.15, -0.1) is 0 Å². The molecular weight excluding hydrogens is 410 g/mol. The number of aromatic nitrogens is 2. The van der Waals surface area contributed by atoms with Crippen molar-refractivity contribution >= 4 is 5.91 Å². The summed E-state index contributed by atoms with van der Waals surface area (Å²) in [5, 5.41) is 9.23. The van der Waals surface area contributed by atoms with Crippen molar-refractivity contribution in [1.82, 2.24) is 14.5 Å². The second-order valence-corrected chi connectivity index (χ2v) is 9.30. The van der Waals surface area contributed by atoms with Gasteiger partial charge in [0.1, 0.15) is 12.2 Å². The van der Waals surface area contributed by atoms with Crippen molar-refractivity contribution < 1.29 is 4.79 Å². The second-order valence-electron chi connectivity index (χ2n) is 9.30. The minimum atomic E-state index is -0.314. The summed E-state index contributed by atoms with van der Waals surface area (Å²) in [7, 11) is 0. The van der Waals surface area contributed by atoms with Crippen molar-refractivity contribution in [3.05, 3.63) is 78.2 Å². The van der Waals surface area contributed by atoms with Gasteiger partial charge in [-0.3, -0.25) is 4.79 Å². The second kappa shape index (κ2) is 10.9. The summed E-state index contributed by atoms with van der Waals surface area (Å²) in [4.78, 5) is 20.0. The van der Waals surface area contributed by atoms with Gasteiger partial charge in [-0.2, -0.15) is 5.26 Å². The number of imidazole rings is 1. The molecule has 0 aliphatic heterocycles. The molecule has 0 aliphatic rings. The van der Waals surface area contributed by atoms with Gasteiger partial charge >= 0.3 is 0 Å². The number of nitrogens with two attached hydrogens (primary N) is 1. The maximum Gasteiger partial charge on any atom is 0.237 e. The average Bonchev–Trinajstić information content (AvgIpc) is 3.20. The van der Waals surface area contributed by atoms with Crippen molar-refractivity contribution in [2.24, 2.45) is 11.1 Å². The summed E-state index contributed by atoms with van der Waals surface area (Å²) in [5.74, 6) is 0.620. The van der Waals surface area contributed by atoms with Crippen LogP contribution in [0.5, 0.6) is 0 Å². The molecule has 0 unspecified atom stereocenters. The maximum absolute atomic E-state index is 13.1. The normalized spacial score (nSPS) is 12.2. The third-order valence-corrected chi connectivity index (χ3v) is 5.60. The zero-order valence-electron chi connectivity index (χ0n) is 19.7. The first-order valence-electron chi connectivity index (χ1n) is 11.4. The van der Waals surface area contributed by atoms with Gasteiger partial charge in [0.2, 0.25) is 5.91 Å². The first-order valence-corrected chi connectivity index (χ1v) is 11.4. The molecule has 0 fully saturated rings. The van der Waals surface area contributed by atoms with Crippen LogP contribution in [0.4, 0.5) is 0 Å². The van der Waals surface area contributed by atoms with Gasteiger partial charge in [0.15, 0.2) is 0 Å². The van der Waals surface area contributed by atoms with Crippen molar-refractivity contribution in [3.8, 4) is 17.3 Å². The molecular formula is C27H33N5O. The highest BCUT2D eigenvalue weighted by Crippen LogP contribution is 2.39. The number of benzene rings is 2. The fourth-order valence-electron chi connectivity index (χ4n) is 4.13. The third kappa shape index (κ3) is 6.09.